The van der Waals surface area contributed by atoms with Crippen molar-refractivity contribution in [3.05, 3.63) is 69.6 Å². The zero-order valence-corrected chi connectivity index (χ0v) is 15.3. The maximum absolute atomic E-state index is 12.4. The minimum Gasteiger partial charge on any atom is -0.497 e. The topological polar surface area (TPSA) is 38.3 Å². The summed E-state index contributed by atoms with van der Waals surface area (Å²) in [5, 5.41) is 2.71. The van der Waals surface area contributed by atoms with Crippen LogP contribution in [0.15, 0.2) is 47.4 Å². The van der Waals surface area contributed by atoms with Gasteiger partial charge >= 0.3 is 0 Å². The minimum atomic E-state index is -0.144. The van der Waals surface area contributed by atoms with Crippen molar-refractivity contribution in [1.82, 2.24) is 5.32 Å². The first-order chi connectivity index (χ1) is 11.5. The van der Waals surface area contributed by atoms with E-state index in [9.17, 15) is 4.79 Å². The number of carbonyl (C=O) groups is 1. The van der Waals surface area contributed by atoms with Crippen LogP contribution in [0.4, 0.5) is 0 Å². The van der Waals surface area contributed by atoms with Crippen molar-refractivity contribution < 1.29 is 9.53 Å². The molecule has 0 saturated carbocycles. The minimum absolute atomic E-state index is 0.144. The van der Waals surface area contributed by atoms with Crippen LogP contribution in [0.25, 0.3) is 5.57 Å². The number of amides is 1. The Labute approximate surface area is 151 Å². The fraction of sp³-hybridized carbons (Fsp3) is 0.158. The molecular formula is C19H17NO2S2. The van der Waals surface area contributed by atoms with Gasteiger partial charge in [-0.1, -0.05) is 65.4 Å². The molecule has 0 bridgehead atoms. The van der Waals surface area contributed by atoms with E-state index >= 15 is 0 Å². The number of carbonyl (C=O) groups excluding carboxylic acids is 1. The van der Waals surface area contributed by atoms with Crippen LogP contribution in [-0.4, -0.2) is 17.3 Å². The van der Waals surface area contributed by atoms with E-state index in [0.717, 1.165) is 33.6 Å². The molecule has 1 aliphatic heterocycles. The molecule has 0 radical (unpaired) electrons. The van der Waals surface area contributed by atoms with E-state index in [2.05, 4.69) is 37.4 Å². The van der Waals surface area contributed by atoms with Gasteiger partial charge in [-0.25, -0.2) is 0 Å². The van der Waals surface area contributed by atoms with Gasteiger partial charge < -0.3 is 10.1 Å². The van der Waals surface area contributed by atoms with Gasteiger partial charge in [0.1, 0.15) is 10.1 Å². The summed E-state index contributed by atoms with van der Waals surface area (Å²) in [6, 6.07) is 14.0. The van der Waals surface area contributed by atoms with E-state index in [0.29, 0.717) is 9.23 Å². The summed E-state index contributed by atoms with van der Waals surface area (Å²) >= 11 is 6.47. The molecule has 0 unspecified atom stereocenters. The molecule has 0 spiro atoms. The fourth-order valence-corrected chi connectivity index (χ4v) is 3.94. The first-order valence-electron chi connectivity index (χ1n) is 7.48. The van der Waals surface area contributed by atoms with Crippen molar-refractivity contribution >= 4 is 39.8 Å². The summed E-state index contributed by atoms with van der Waals surface area (Å²) in [4.78, 5) is 13.0. The van der Waals surface area contributed by atoms with Gasteiger partial charge in [-0.2, -0.15) is 0 Å². The van der Waals surface area contributed by atoms with Crippen LogP contribution in [0, 0.1) is 13.8 Å². The quantitative estimate of drug-likeness (QED) is 0.661. The molecule has 24 heavy (non-hydrogen) atoms. The Morgan fingerprint density at radius 3 is 2.17 bits per heavy atom. The molecule has 3 rings (SSSR count). The van der Waals surface area contributed by atoms with Crippen LogP contribution in [0.5, 0.6) is 5.75 Å². The van der Waals surface area contributed by atoms with E-state index in [1.54, 1.807) is 7.11 Å². The molecule has 0 atom stereocenters. The normalized spacial score (nSPS) is 16.1. The van der Waals surface area contributed by atoms with Gasteiger partial charge in [0.25, 0.3) is 5.91 Å². The molecule has 2 aromatic carbocycles. The number of nitrogens with one attached hydrogen (secondary N) is 1. The van der Waals surface area contributed by atoms with Gasteiger partial charge in [0.15, 0.2) is 0 Å². The summed E-state index contributed by atoms with van der Waals surface area (Å²) in [6.45, 7) is 4.11. The van der Waals surface area contributed by atoms with Crippen LogP contribution in [0.3, 0.4) is 0 Å². The molecule has 0 aromatic heterocycles. The number of methoxy groups -OCH3 is 1. The number of rotatable bonds is 3. The second-order valence-electron chi connectivity index (χ2n) is 5.65. The van der Waals surface area contributed by atoms with Crippen molar-refractivity contribution in [3.63, 3.8) is 0 Å². The first kappa shape index (κ1) is 16.7. The van der Waals surface area contributed by atoms with Gasteiger partial charge in [-0.15, -0.1) is 0 Å². The number of benzene rings is 2. The van der Waals surface area contributed by atoms with E-state index in [4.69, 9.17) is 17.0 Å². The Kier molecular flexibility index (Phi) is 4.73. The summed E-state index contributed by atoms with van der Waals surface area (Å²) in [6.07, 6.45) is 0. The largest absolute Gasteiger partial charge is 0.497 e. The van der Waals surface area contributed by atoms with Crippen molar-refractivity contribution in [2.75, 3.05) is 7.11 Å². The molecule has 1 amide bonds. The van der Waals surface area contributed by atoms with E-state index in [1.807, 2.05) is 24.3 Å². The average molecular weight is 355 g/mol. The Bertz CT molecular complexity index is 834. The van der Waals surface area contributed by atoms with Crippen LogP contribution in [0.2, 0.25) is 0 Å². The third-order valence-electron chi connectivity index (χ3n) is 3.73. The van der Waals surface area contributed by atoms with Gasteiger partial charge in [-0.05, 0) is 37.1 Å². The molecule has 3 nitrogen and oxygen atoms in total. The van der Waals surface area contributed by atoms with Gasteiger partial charge in [-0.3, -0.25) is 4.79 Å². The van der Waals surface area contributed by atoms with Gasteiger partial charge in [0.2, 0.25) is 0 Å². The van der Waals surface area contributed by atoms with Crippen molar-refractivity contribution in [3.8, 4) is 5.75 Å². The van der Waals surface area contributed by atoms with Crippen LogP contribution < -0.4 is 10.1 Å². The molecule has 1 aliphatic rings. The summed E-state index contributed by atoms with van der Waals surface area (Å²) in [7, 11) is 1.64. The Morgan fingerprint density at radius 1 is 1.04 bits per heavy atom. The van der Waals surface area contributed by atoms with Gasteiger partial charge in [0.05, 0.1) is 12.0 Å². The van der Waals surface area contributed by atoms with Crippen LogP contribution in [-0.2, 0) is 4.79 Å². The van der Waals surface area contributed by atoms with Gasteiger partial charge in [0, 0.05) is 5.57 Å². The van der Waals surface area contributed by atoms with Crippen molar-refractivity contribution in [1.29, 1.82) is 0 Å². The summed E-state index contributed by atoms with van der Waals surface area (Å²) < 4.78 is 5.73. The number of thioether (sulfide) groups is 1. The average Bonchev–Trinajstić information content (AvgIpc) is 2.86. The summed E-state index contributed by atoms with van der Waals surface area (Å²) in [5.41, 5.74) is 5.18. The number of thiocarbonyl (C=S) groups is 1. The fourth-order valence-electron chi connectivity index (χ4n) is 2.78. The standard InChI is InChI=1S/C19H17NO2S2/c1-11-8-12(2)10-14(9-11)16(17-18(21)20-19(23)24-17)13-4-6-15(22-3)7-5-13/h4-10H,1-3H3,(H,20,21,23)/b17-16-. The lowest BCUT2D eigenvalue weighted by atomic mass is 9.94. The predicted molar refractivity (Wildman–Crippen MR) is 103 cm³/mol. The zero-order chi connectivity index (χ0) is 17.3. The Balaban J connectivity index is 2.22. The lowest BCUT2D eigenvalue weighted by Gasteiger charge is -2.13. The monoisotopic (exact) mass is 355 g/mol. The number of hydrogen-bond acceptors (Lipinski definition) is 4. The molecule has 1 saturated heterocycles. The third-order valence-corrected chi connectivity index (χ3v) is 4.97. The highest BCUT2D eigenvalue weighted by Gasteiger charge is 2.27. The molecule has 1 N–H and O–H groups in total. The molecule has 1 fully saturated rings. The lowest BCUT2D eigenvalue weighted by Crippen LogP contribution is -2.18. The zero-order valence-electron chi connectivity index (χ0n) is 13.7. The Hall–Kier alpha value is -2.11. The molecular weight excluding hydrogens is 338 g/mol. The number of aryl methyl sites for hydroxylation is 2. The molecule has 2 aromatic rings. The molecule has 0 aliphatic carbocycles. The molecule has 1 heterocycles. The predicted octanol–water partition coefficient (Wildman–Crippen LogP) is 4.22. The Morgan fingerprint density at radius 2 is 1.67 bits per heavy atom. The summed E-state index contributed by atoms with van der Waals surface area (Å²) in [5.74, 6) is 0.637. The second-order valence-corrected chi connectivity index (χ2v) is 7.34. The highest BCUT2D eigenvalue weighted by Crippen LogP contribution is 2.37. The first-order valence-corrected chi connectivity index (χ1v) is 8.71. The van der Waals surface area contributed by atoms with Crippen molar-refractivity contribution in [2.24, 2.45) is 0 Å². The second kappa shape index (κ2) is 6.79. The van der Waals surface area contributed by atoms with Crippen LogP contribution in [0.1, 0.15) is 22.3 Å². The molecule has 5 heteroatoms. The third kappa shape index (κ3) is 3.37. The van der Waals surface area contributed by atoms with E-state index in [-0.39, 0.29) is 5.91 Å². The van der Waals surface area contributed by atoms with E-state index < -0.39 is 0 Å². The lowest BCUT2D eigenvalue weighted by molar-refractivity contribution is -0.115. The SMILES string of the molecule is COc1ccc(/C(=C2/SC(=S)NC2=O)c2cc(C)cc(C)c2)cc1. The van der Waals surface area contributed by atoms with E-state index in [1.165, 1.54) is 11.8 Å². The van der Waals surface area contributed by atoms with Crippen LogP contribution >= 0.6 is 24.0 Å². The maximum Gasteiger partial charge on any atom is 0.264 e. The highest BCUT2D eigenvalue weighted by molar-refractivity contribution is 8.26. The molecule has 122 valence electrons. The maximum atomic E-state index is 12.4. The smallest absolute Gasteiger partial charge is 0.264 e. The number of ether oxygens (including phenoxy) is 1. The highest BCUT2D eigenvalue weighted by atomic mass is 32.2. The number of hydrogen-bond donors (Lipinski definition) is 1. The van der Waals surface area contributed by atoms with Crippen molar-refractivity contribution in [2.45, 2.75) is 13.8 Å².